The van der Waals surface area contributed by atoms with Gasteiger partial charge in [0, 0.05) is 24.7 Å². The highest BCUT2D eigenvalue weighted by molar-refractivity contribution is 5.79. The predicted molar refractivity (Wildman–Crippen MR) is 47.7 cm³/mol. The number of piperidine rings is 1. The number of ketones is 1. The molecule has 0 amide bonds. The van der Waals surface area contributed by atoms with Gasteiger partial charge < -0.3 is 4.48 Å². The summed E-state index contributed by atoms with van der Waals surface area (Å²) in [6.07, 6.45) is 3.03. The average molecular weight is 168 g/mol. The van der Waals surface area contributed by atoms with Crippen LogP contribution in [0.2, 0.25) is 0 Å². The van der Waals surface area contributed by atoms with Crippen LogP contribution in [0.1, 0.15) is 19.3 Å². The lowest BCUT2D eigenvalue weighted by atomic mass is 9.76. The van der Waals surface area contributed by atoms with E-state index in [1.165, 1.54) is 19.5 Å². The Morgan fingerprint density at radius 3 is 2.17 bits per heavy atom. The zero-order chi connectivity index (χ0) is 8.77. The lowest BCUT2D eigenvalue weighted by Gasteiger charge is -2.44. The number of likely N-dealkylation sites (tertiary alicyclic amines) is 1. The number of carbonyl (C=O) groups excluding carboxylic acids is 1. The number of nitrogens with zero attached hydrogens (tertiary/aromatic N) is 1. The van der Waals surface area contributed by atoms with Crippen molar-refractivity contribution < 1.29 is 9.28 Å². The van der Waals surface area contributed by atoms with Crippen LogP contribution in [0.3, 0.4) is 0 Å². The molecule has 2 nitrogen and oxygen atoms in total. The van der Waals surface area contributed by atoms with E-state index in [1.807, 2.05) is 0 Å². The van der Waals surface area contributed by atoms with Crippen LogP contribution in [0.4, 0.5) is 0 Å². The molecule has 2 fully saturated rings. The molecule has 1 heterocycles. The molecule has 0 N–H and O–H groups in total. The maximum Gasteiger partial charge on any atom is 0.133 e. The molecule has 2 aliphatic rings. The fraction of sp³-hybridized carbons (Fsp3) is 0.900. The van der Waals surface area contributed by atoms with E-state index in [2.05, 4.69) is 14.1 Å². The summed E-state index contributed by atoms with van der Waals surface area (Å²) in [5.74, 6) is 1.90. The van der Waals surface area contributed by atoms with Gasteiger partial charge in [-0.05, 0) is 6.42 Å². The molecule has 68 valence electrons. The van der Waals surface area contributed by atoms with Gasteiger partial charge in [0.1, 0.15) is 5.78 Å². The van der Waals surface area contributed by atoms with Gasteiger partial charge in [-0.2, -0.15) is 0 Å². The Labute approximate surface area is 74.1 Å². The van der Waals surface area contributed by atoms with Crippen molar-refractivity contribution in [3.05, 3.63) is 0 Å². The van der Waals surface area contributed by atoms with Crippen molar-refractivity contribution in [1.82, 2.24) is 0 Å². The summed E-state index contributed by atoms with van der Waals surface area (Å²) in [4.78, 5) is 11.3. The fourth-order valence-corrected chi connectivity index (χ4v) is 3.12. The van der Waals surface area contributed by atoms with Gasteiger partial charge in [0.25, 0.3) is 0 Å². The van der Waals surface area contributed by atoms with Gasteiger partial charge in [0.05, 0.1) is 27.2 Å². The standard InChI is InChI=1S/C10H18NO/c1-11(2)6-8-3-9(7-11)5-10(12)4-8/h8-9H,3-7H2,1-2H3/q+1/t8-,9+. The monoisotopic (exact) mass is 168 g/mol. The normalized spacial score (nSPS) is 39.7. The molecule has 0 aromatic carbocycles. The second kappa shape index (κ2) is 2.56. The first kappa shape index (κ1) is 8.24. The van der Waals surface area contributed by atoms with Crippen LogP contribution in [-0.2, 0) is 4.79 Å². The summed E-state index contributed by atoms with van der Waals surface area (Å²) in [7, 11) is 4.57. The molecule has 1 saturated carbocycles. The van der Waals surface area contributed by atoms with Crippen molar-refractivity contribution >= 4 is 5.78 Å². The van der Waals surface area contributed by atoms with Gasteiger partial charge in [0.15, 0.2) is 0 Å². The Balaban J connectivity index is 2.10. The molecule has 2 heteroatoms. The molecule has 2 bridgehead atoms. The van der Waals surface area contributed by atoms with Crippen molar-refractivity contribution in [3.8, 4) is 0 Å². The highest BCUT2D eigenvalue weighted by Gasteiger charge is 2.39. The van der Waals surface area contributed by atoms with Crippen LogP contribution in [0.15, 0.2) is 0 Å². The van der Waals surface area contributed by atoms with Crippen molar-refractivity contribution in [1.29, 1.82) is 0 Å². The van der Waals surface area contributed by atoms with E-state index >= 15 is 0 Å². The molecule has 2 atom stereocenters. The number of quaternary nitrogens is 1. The van der Waals surface area contributed by atoms with E-state index in [0.717, 1.165) is 17.3 Å². The molecule has 0 aromatic rings. The van der Waals surface area contributed by atoms with E-state index < -0.39 is 0 Å². The minimum atomic E-state index is 0.510. The van der Waals surface area contributed by atoms with Crippen LogP contribution in [0.5, 0.6) is 0 Å². The molecule has 12 heavy (non-hydrogen) atoms. The number of carbonyl (C=O) groups is 1. The van der Waals surface area contributed by atoms with E-state index in [4.69, 9.17) is 0 Å². The average Bonchev–Trinajstić information content (AvgIpc) is 1.78. The van der Waals surface area contributed by atoms with Crippen molar-refractivity contribution in [3.63, 3.8) is 0 Å². The maximum atomic E-state index is 11.3. The van der Waals surface area contributed by atoms with Gasteiger partial charge >= 0.3 is 0 Å². The van der Waals surface area contributed by atoms with Crippen molar-refractivity contribution in [2.24, 2.45) is 11.8 Å². The molecule has 1 saturated heterocycles. The van der Waals surface area contributed by atoms with E-state index in [-0.39, 0.29) is 0 Å². The molecule has 0 unspecified atom stereocenters. The fourth-order valence-electron chi connectivity index (χ4n) is 3.12. The molecular formula is C10H18NO+. The van der Waals surface area contributed by atoms with Crippen molar-refractivity contribution in [2.45, 2.75) is 19.3 Å². The highest BCUT2D eigenvalue weighted by Crippen LogP contribution is 2.34. The third-order valence-electron chi connectivity index (χ3n) is 3.20. The Hall–Kier alpha value is -0.370. The largest absolute Gasteiger partial charge is 0.328 e. The second-order valence-corrected chi connectivity index (χ2v) is 5.22. The first-order valence-electron chi connectivity index (χ1n) is 4.89. The van der Waals surface area contributed by atoms with Gasteiger partial charge in [-0.3, -0.25) is 4.79 Å². The number of hydrogen-bond acceptors (Lipinski definition) is 1. The summed E-state index contributed by atoms with van der Waals surface area (Å²) in [5, 5.41) is 0. The van der Waals surface area contributed by atoms with Crippen LogP contribution in [-0.4, -0.2) is 37.5 Å². The van der Waals surface area contributed by atoms with Gasteiger partial charge in [-0.25, -0.2) is 0 Å². The topological polar surface area (TPSA) is 17.1 Å². The number of hydrogen-bond donors (Lipinski definition) is 0. The quantitative estimate of drug-likeness (QED) is 0.494. The zero-order valence-corrected chi connectivity index (χ0v) is 8.05. The van der Waals surface area contributed by atoms with Crippen LogP contribution in [0.25, 0.3) is 0 Å². The summed E-state index contributed by atoms with van der Waals surface area (Å²) < 4.78 is 1.13. The third kappa shape index (κ3) is 1.53. The lowest BCUT2D eigenvalue weighted by molar-refractivity contribution is -0.902. The van der Waals surface area contributed by atoms with Crippen LogP contribution < -0.4 is 0 Å². The Kier molecular flexibility index (Phi) is 1.76. The minimum absolute atomic E-state index is 0.510. The SMILES string of the molecule is C[N+]1(C)C[C@@H]2CC(=O)C[C@@H](C2)C1. The second-order valence-electron chi connectivity index (χ2n) is 5.22. The molecule has 1 aliphatic heterocycles. The van der Waals surface area contributed by atoms with Crippen LogP contribution >= 0.6 is 0 Å². The van der Waals surface area contributed by atoms with E-state index in [9.17, 15) is 4.79 Å². The summed E-state index contributed by atoms with van der Waals surface area (Å²) in [5.41, 5.74) is 0. The molecule has 0 radical (unpaired) electrons. The number of Topliss-reactive ketones (excluding diaryl/α,β-unsaturated/α-hetero) is 1. The predicted octanol–water partition coefficient (Wildman–Crippen LogP) is 1.06. The van der Waals surface area contributed by atoms with Crippen molar-refractivity contribution in [2.75, 3.05) is 27.2 Å². The Morgan fingerprint density at radius 1 is 1.17 bits per heavy atom. The highest BCUT2D eigenvalue weighted by atomic mass is 16.1. The summed E-state index contributed by atoms with van der Waals surface area (Å²) in [6.45, 7) is 2.42. The maximum absolute atomic E-state index is 11.3. The van der Waals surface area contributed by atoms with Gasteiger partial charge in [0.2, 0.25) is 0 Å². The summed E-state index contributed by atoms with van der Waals surface area (Å²) >= 11 is 0. The first-order valence-corrected chi connectivity index (χ1v) is 4.89. The molecular weight excluding hydrogens is 150 g/mol. The third-order valence-corrected chi connectivity index (χ3v) is 3.20. The first-order chi connectivity index (χ1) is 5.55. The lowest BCUT2D eigenvalue weighted by Crippen LogP contribution is -2.53. The smallest absolute Gasteiger partial charge is 0.133 e. The van der Waals surface area contributed by atoms with Gasteiger partial charge in [-0.1, -0.05) is 0 Å². The molecule has 2 rings (SSSR count). The molecule has 1 aliphatic carbocycles. The number of rotatable bonds is 0. The molecule has 0 spiro atoms. The van der Waals surface area contributed by atoms with E-state index in [0.29, 0.717) is 17.6 Å². The molecule has 0 aromatic heterocycles. The Bertz CT molecular complexity index is 192. The van der Waals surface area contributed by atoms with Gasteiger partial charge in [-0.15, -0.1) is 0 Å². The number of fused-ring (bicyclic) bond motifs is 2. The summed E-state index contributed by atoms with van der Waals surface area (Å²) in [6, 6.07) is 0. The van der Waals surface area contributed by atoms with E-state index in [1.54, 1.807) is 0 Å². The Morgan fingerprint density at radius 2 is 1.67 bits per heavy atom. The minimum Gasteiger partial charge on any atom is -0.328 e. The van der Waals surface area contributed by atoms with Crippen LogP contribution in [0, 0.1) is 11.8 Å². The zero-order valence-electron chi connectivity index (χ0n) is 8.05.